The normalized spacial score (nSPS) is 12.1. The van der Waals surface area contributed by atoms with Crippen LogP contribution in [0.4, 0.5) is 0 Å². The Morgan fingerprint density at radius 1 is 0.970 bits per heavy atom. The molecule has 0 saturated carbocycles. The molecule has 0 atom stereocenters. The highest BCUT2D eigenvalue weighted by Crippen LogP contribution is 2.38. The molecule has 0 bridgehead atoms. The number of pyridine rings is 1. The number of nitrogens with zero attached hydrogens (tertiary/aromatic N) is 4. The minimum atomic E-state index is -0.405. The van der Waals surface area contributed by atoms with E-state index < -0.39 is 5.41 Å². The number of benzene rings is 2. The number of aryl methyl sites for hydroxylation is 1. The molecule has 0 spiro atoms. The summed E-state index contributed by atoms with van der Waals surface area (Å²) >= 11 is 12.9. The Labute approximate surface area is 200 Å². The number of nitrogens with one attached hydrogen (secondary N) is 1. The number of hydrogen-bond donors (Lipinski definition) is 1. The van der Waals surface area contributed by atoms with Crippen molar-refractivity contribution in [3.05, 3.63) is 80.4 Å². The van der Waals surface area contributed by atoms with Crippen molar-refractivity contribution in [2.24, 2.45) is 0 Å². The first-order chi connectivity index (χ1) is 15.6. The Morgan fingerprint density at radius 2 is 1.70 bits per heavy atom. The summed E-state index contributed by atoms with van der Waals surface area (Å²) < 4.78 is 1.52. The van der Waals surface area contributed by atoms with Gasteiger partial charge in [-0.25, -0.2) is 24.3 Å². The molecule has 5 rings (SSSR count). The lowest BCUT2D eigenvalue weighted by atomic mass is 9.94. The Bertz CT molecular complexity index is 1590. The van der Waals surface area contributed by atoms with Gasteiger partial charge in [0.15, 0.2) is 11.3 Å². The third-order valence-electron chi connectivity index (χ3n) is 5.61. The molecule has 0 saturated heterocycles. The van der Waals surface area contributed by atoms with E-state index in [9.17, 15) is 4.79 Å². The topological polar surface area (TPSA) is 75.9 Å². The van der Waals surface area contributed by atoms with E-state index in [0.717, 1.165) is 22.3 Å². The van der Waals surface area contributed by atoms with E-state index in [1.807, 2.05) is 76.2 Å². The van der Waals surface area contributed by atoms with Gasteiger partial charge in [-0.15, -0.1) is 0 Å². The quantitative estimate of drug-likeness (QED) is 0.327. The zero-order chi connectivity index (χ0) is 23.5. The van der Waals surface area contributed by atoms with Gasteiger partial charge in [0, 0.05) is 21.6 Å². The van der Waals surface area contributed by atoms with Gasteiger partial charge in [-0.1, -0.05) is 74.3 Å². The standard InChI is InChI=1S/C25H21Cl2N5O/c1-13-6-5-7-16(19(13)27)20-17(14-8-10-15(26)11-9-14)12-18-21(28-20)29-23(25(2,3)4)32-22(18)30-31-24(32)33/h5-12H,1-4H3,(H,31,33). The SMILES string of the molecule is Cc1cccc(-c2nc3nc(C(C)(C)C)n4c(=O)[nH]nc4c3cc2-c2ccc(Cl)cc2)c1Cl. The molecule has 3 heterocycles. The van der Waals surface area contributed by atoms with Gasteiger partial charge in [-0.2, -0.15) is 5.10 Å². The van der Waals surface area contributed by atoms with Crippen molar-refractivity contribution in [1.82, 2.24) is 24.6 Å². The number of rotatable bonds is 2. The Balaban J connectivity index is 1.95. The average molecular weight is 478 g/mol. The number of aromatic nitrogens is 5. The number of hydrogen-bond acceptors (Lipinski definition) is 4. The van der Waals surface area contributed by atoms with Crippen LogP contribution in [0, 0.1) is 6.92 Å². The summed E-state index contributed by atoms with van der Waals surface area (Å²) in [4.78, 5) is 22.4. The largest absolute Gasteiger partial charge is 0.349 e. The number of fused-ring (bicyclic) bond motifs is 3. The van der Waals surface area contributed by atoms with Crippen molar-refractivity contribution >= 4 is 39.9 Å². The second-order valence-electron chi connectivity index (χ2n) is 9.07. The molecule has 0 aliphatic carbocycles. The predicted octanol–water partition coefficient (Wildman–Crippen LogP) is 6.21. The number of aromatic amines is 1. The summed E-state index contributed by atoms with van der Waals surface area (Å²) in [6.45, 7) is 7.96. The van der Waals surface area contributed by atoms with E-state index in [0.29, 0.717) is 38.2 Å². The first-order valence-electron chi connectivity index (χ1n) is 10.5. The minimum Gasteiger partial charge on any atom is -0.246 e. The molecule has 0 unspecified atom stereocenters. The first-order valence-corrected chi connectivity index (χ1v) is 11.2. The molecule has 166 valence electrons. The summed E-state index contributed by atoms with van der Waals surface area (Å²) in [6.07, 6.45) is 0. The zero-order valence-corrected chi connectivity index (χ0v) is 20.1. The lowest BCUT2D eigenvalue weighted by molar-refractivity contribution is 0.535. The highest BCUT2D eigenvalue weighted by Gasteiger charge is 2.25. The molecular weight excluding hydrogens is 457 g/mol. The van der Waals surface area contributed by atoms with Gasteiger partial charge in [0.25, 0.3) is 0 Å². The molecule has 0 fully saturated rings. The van der Waals surface area contributed by atoms with E-state index >= 15 is 0 Å². The average Bonchev–Trinajstić information content (AvgIpc) is 3.16. The molecule has 0 amide bonds. The van der Waals surface area contributed by atoms with Gasteiger partial charge in [-0.05, 0) is 36.2 Å². The maximum absolute atomic E-state index is 12.6. The highest BCUT2D eigenvalue weighted by molar-refractivity contribution is 6.34. The van der Waals surface area contributed by atoms with Gasteiger partial charge in [0.2, 0.25) is 0 Å². The summed E-state index contributed by atoms with van der Waals surface area (Å²) in [7, 11) is 0. The molecule has 0 aliphatic heterocycles. The molecular formula is C25H21Cl2N5O. The molecule has 6 nitrogen and oxygen atoms in total. The molecule has 0 aliphatic rings. The van der Waals surface area contributed by atoms with Crippen LogP contribution in [0.2, 0.25) is 10.0 Å². The molecule has 3 aromatic heterocycles. The van der Waals surface area contributed by atoms with Crippen LogP contribution in [-0.2, 0) is 5.41 Å². The fraction of sp³-hybridized carbons (Fsp3) is 0.200. The van der Waals surface area contributed by atoms with E-state index in [1.165, 1.54) is 4.40 Å². The van der Waals surface area contributed by atoms with Crippen LogP contribution in [0.1, 0.15) is 32.2 Å². The van der Waals surface area contributed by atoms with E-state index in [1.54, 1.807) is 0 Å². The smallest absolute Gasteiger partial charge is 0.246 e. The second kappa shape index (κ2) is 7.68. The van der Waals surface area contributed by atoms with Crippen LogP contribution < -0.4 is 5.69 Å². The van der Waals surface area contributed by atoms with Crippen LogP contribution in [-0.4, -0.2) is 24.6 Å². The molecule has 0 radical (unpaired) electrons. The Kier molecular flexibility index (Phi) is 5.03. The summed E-state index contributed by atoms with van der Waals surface area (Å²) in [5.74, 6) is 0.580. The molecule has 2 aromatic carbocycles. The van der Waals surface area contributed by atoms with Crippen molar-refractivity contribution < 1.29 is 0 Å². The van der Waals surface area contributed by atoms with Crippen LogP contribution in [0.25, 0.3) is 39.1 Å². The van der Waals surface area contributed by atoms with Crippen molar-refractivity contribution in [2.45, 2.75) is 33.1 Å². The van der Waals surface area contributed by atoms with Gasteiger partial charge >= 0.3 is 5.69 Å². The third kappa shape index (κ3) is 3.59. The lowest BCUT2D eigenvalue weighted by Crippen LogP contribution is -2.25. The van der Waals surface area contributed by atoms with Crippen molar-refractivity contribution in [3.63, 3.8) is 0 Å². The van der Waals surface area contributed by atoms with E-state index in [4.69, 9.17) is 33.2 Å². The maximum atomic E-state index is 12.6. The van der Waals surface area contributed by atoms with Crippen LogP contribution in [0.3, 0.4) is 0 Å². The van der Waals surface area contributed by atoms with Crippen molar-refractivity contribution in [1.29, 1.82) is 0 Å². The molecule has 5 aromatic rings. The van der Waals surface area contributed by atoms with Gasteiger partial charge < -0.3 is 0 Å². The summed E-state index contributed by atoms with van der Waals surface area (Å²) in [6, 6.07) is 15.4. The van der Waals surface area contributed by atoms with E-state index in [2.05, 4.69) is 10.2 Å². The molecule has 1 N–H and O–H groups in total. The van der Waals surface area contributed by atoms with Crippen LogP contribution in [0.5, 0.6) is 0 Å². The predicted molar refractivity (Wildman–Crippen MR) is 133 cm³/mol. The number of H-pyrrole nitrogens is 1. The Hall–Kier alpha value is -3.22. The zero-order valence-electron chi connectivity index (χ0n) is 18.6. The third-order valence-corrected chi connectivity index (χ3v) is 6.37. The minimum absolute atomic E-state index is 0.330. The molecule has 8 heteroatoms. The second-order valence-corrected chi connectivity index (χ2v) is 9.89. The van der Waals surface area contributed by atoms with Gasteiger partial charge in [-0.3, -0.25) is 0 Å². The monoisotopic (exact) mass is 477 g/mol. The van der Waals surface area contributed by atoms with Crippen molar-refractivity contribution in [3.8, 4) is 22.4 Å². The lowest BCUT2D eigenvalue weighted by Gasteiger charge is -2.20. The maximum Gasteiger partial charge on any atom is 0.349 e. The van der Waals surface area contributed by atoms with Gasteiger partial charge in [0.1, 0.15) is 5.82 Å². The molecule has 33 heavy (non-hydrogen) atoms. The number of halogens is 2. The fourth-order valence-electron chi connectivity index (χ4n) is 3.97. The fourth-order valence-corrected chi connectivity index (χ4v) is 4.31. The van der Waals surface area contributed by atoms with E-state index in [-0.39, 0.29) is 5.69 Å². The summed E-state index contributed by atoms with van der Waals surface area (Å²) in [5, 5.41) is 8.80. The Morgan fingerprint density at radius 3 is 2.39 bits per heavy atom. The van der Waals surface area contributed by atoms with Crippen LogP contribution >= 0.6 is 23.2 Å². The summed E-state index contributed by atoms with van der Waals surface area (Å²) in [5.41, 5.74) is 4.47. The first kappa shape index (κ1) is 21.6. The van der Waals surface area contributed by atoms with Crippen LogP contribution in [0.15, 0.2) is 53.3 Å². The highest BCUT2D eigenvalue weighted by atomic mass is 35.5. The van der Waals surface area contributed by atoms with Gasteiger partial charge in [0.05, 0.1) is 16.1 Å². The van der Waals surface area contributed by atoms with Crippen molar-refractivity contribution in [2.75, 3.05) is 0 Å².